The van der Waals surface area contributed by atoms with Gasteiger partial charge in [0, 0.05) is 17.9 Å². The zero-order valence-electron chi connectivity index (χ0n) is 15.2. The molecule has 0 saturated heterocycles. The van der Waals surface area contributed by atoms with Crippen molar-refractivity contribution in [3.05, 3.63) is 108 Å². The van der Waals surface area contributed by atoms with Crippen molar-refractivity contribution >= 4 is 11.8 Å². The second-order valence-corrected chi connectivity index (χ2v) is 6.42. The maximum absolute atomic E-state index is 12.9. The average Bonchev–Trinajstić information content (AvgIpc) is 2.75. The Morgan fingerprint density at radius 3 is 1.74 bits per heavy atom. The quantitative estimate of drug-likeness (QED) is 0.441. The average molecular weight is 358 g/mol. The third-order valence-corrected chi connectivity index (χ3v) is 4.74. The molecule has 27 heavy (non-hydrogen) atoms. The summed E-state index contributed by atoms with van der Waals surface area (Å²) in [6, 6.07) is 28.4. The number of hydrogen-bond acceptors (Lipinski definition) is 3. The second kappa shape index (κ2) is 8.95. The van der Waals surface area contributed by atoms with E-state index in [1.54, 1.807) is 12.1 Å². The first kappa shape index (κ1) is 18.6. The van der Waals surface area contributed by atoms with Crippen LogP contribution in [0.5, 0.6) is 0 Å². The topological polar surface area (TPSA) is 43.4 Å². The molecular formula is C24H22O3. The van der Waals surface area contributed by atoms with Crippen molar-refractivity contribution in [2.45, 2.75) is 18.3 Å². The lowest BCUT2D eigenvalue weighted by Gasteiger charge is -2.26. The summed E-state index contributed by atoms with van der Waals surface area (Å²) < 4.78 is 5.11. The van der Waals surface area contributed by atoms with Crippen LogP contribution in [0.2, 0.25) is 0 Å². The van der Waals surface area contributed by atoms with Crippen molar-refractivity contribution < 1.29 is 14.3 Å². The van der Waals surface area contributed by atoms with Crippen molar-refractivity contribution in [2.24, 2.45) is 0 Å². The summed E-state index contributed by atoms with van der Waals surface area (Å²) in [6.45, 7) is 0. The van der Waals surface area contributed by atoms with Crippen molar-refractivity contribution in [3.63, 3.8) is 0 Å². The van der Waals surface area contributed by atoms with Crippen LogP contribution in [0.15, 0.2) is 91.0 Å². The van der Waals surface area contributed by atoms with Crippen LogP contribution < -0.4 is 0 Å². The smallest absolute Gasteiger partial charge is 0.313 e. The number of ketones is 1. The van der Waals surface area contributed by atoms with E-state index >= 15 is 0 Å². The fraction of sp³-hybridized carbons (Fsp3) is 0.167. The van der Waals surface area contributed by atoms with E-state index in [0.717, 1.165) is 11.1 Å². The Morgan fingerprint density at radius 2 is 1.22 bits per heavy atom. The highest BCUT2D eigenvalue weighted by atomic mass is 16.5. The van der Waals surface area contributed by atoms with Gasteiger partial charge in [0.2, 0.25) is 0 Å². The molecule has 0 amide bonds. The minimum absolute atomic E-state index is 0.00860. The number of hydrogen-bond donors (Lipinski definition) is 0. The first-order valence-corrected chi connectivity index (χ1v) is 8.96. The minimum atomic E-state index is -0.550. The monoisotopic (exact) mass is 358 g/mol. The molecule has 0 spiro atoms. The molecule has 0 bridgehead atoms. The van der Waals surface area contributed by atoms with E-state index in [1.165, 1.54) is 7.11 Å². The van der Waals surface area contributed by atoms with Crippen LogP contribution in [0.1, 0.15) is 39.7 Å². The molecule has 136 valence electrons. The van der Waals surface area contributed by atoms with Crippen LogP contribution in [0.25, 0.3) is 0 Å². The van der Waals surface area contributed by atoms with Crippen molar-refractivity contribution in [1.82, 2.24) is 0 Å². The fourth-order valence-corrected chi connectivity index (χ4v) is 3.39. The van der Waals surface area contributed by atoms with Gasteiger partial charge < -0.3 is 4.74 Å². The van der Waals surface area contributed by atoms with Crippen molar-refractivity contribution in [1.29, 1.82) is 0 Å². The third-order valence-electron chi connectivity index (χ3n) is 4.74. The summed E-state index contributed by atoms with van der Waals surface area (Å²) in [6.07, 6.45) is 0.225. The number of rotatable bonds is 7. The van der Waals surface area contributed by atoms with E-state index in [1.807, 2.05) is 78.9 Å². The van der Waals surface area contributed by atoms with E-state index in [9.17, 15) is 9.59 Å². The number of methoxy groups -OCH3 is 1. The molecule has 0 aliphatic rings. The van der Waals surface area contributed by atoms with Crippen LogP contribution in [-0.2, 0) is 9.53 Å². The van der Waals surface area contributed by atoms with Gasteiger partial charge in [-0.3, -0.25) is 9.59 Å². The summed E-state index contributed by atoms with van der Waals surface area (Å²) in [5, 5.41) is 0. The number of carbonyl (C=O) groups is 2. The summed E-state index contributed by atoms with van der Waals surface area (Å²) in [5.41, 5.74) is 2.44. The zero-order valence-corrected chi connectivity index (χ0v) is 15.2. The lowest BCUT2D eigenvalue weighted by Crippen LogP contribution is -2.24. The minimum Gasteiger partial charge on any atom is -0.469 e. The Labute approximate surface area is 159 Å². The summed E-state index contributed by atoms with van der Waals surface area (Å²) in [4.78, 5) is 25.6. The largest absolute Gasteiger partial charge is 0.469 e. The van der Waals surface area contributed by atoms with Crippen LogP contribution in [0.3, 0.4) is 0 Å². The first-order valence-electron chi connectivity index (χ1n) is 8.96. The van der Waals surface area contributed by atoms with Crippen LogP contribution in [0.4, 0.5) is 0 Å². The lowest BCUT2D eigenvalue weighted by atomic mass is 9.78. The van der Waals surface area contributed by atoms with Gasteiger partial charge in [-0.15, -0.1) is 0 Å². The molecule has 3 heteroatoms. The molecule has 3 aromatic carbocycles. The molecule has 3 rings (SSSR count). The summed E-state index contributed by atoms with van der Waals surface area (Å²) >= 11 is 0. The molecule has 0 radical (unpaired) electrons. The van der Waals surface area contributed by atoms with Crippen molar-refractivity contribution in [2.75, 3.05) is 7.11 Å². The van der Waals surface area contributed by atoms with E-state index < -0.39 is 5.92 Å². The number of ether oxygens (including phenoxy) is 1. The predicted octanol–water partition coefficient (Wildman–Crippen LogP) is 5.00. The molecule has 0 saturated carbocycles. The Balaban J connectivity index is 2.02. The SMILES string of the molecule is COC(=O)[C@H](c1ccccc1)[C@H](CC(=O)c1ccccc1)c1ccccc1. The molecule has 0 N–H and O–H groups in total. The number of benzene rings is 3. The van der Waals surface area contributed by atoms with Gasteiger partial charge in [0.05, 0.1) is 13.0 Å². The molecule has 3 aromatic rings. The Bertz CT molecular complexity index is 873. The standard InChI is InChI=1S/C24H22O3/c1-27-24(26)23(20-15-9-4-10-16-20)21(18-11-5-2-6-12-18)17-22(25)19-13-7-3-8-14-19/h2-16,21,23H,17H2,1H3/t21-,23-/m1/s1. The first-order chi connectivity index (χ1) is 13.2. The highest BCUT2D eigenvalue weighted by Gasteiger charge is 2.33. The van der Waals surface area contributed by atoms with Crippen LogP contribution in [-0.4, -0.2) is 18.9 Å². The maximum Gasteiger partial charge on any atom is 0.313 e. The van der Waals surface area contributed by atoms with Crippen molar-refractivity contribution in [3.8, 4) is 0 Å². The maximum atomic E-state index is 12.9. The van der Waals surface area contributed by atoms with Gasteiger partial charge in [0.25, 0.3) is 0 Å². The van der Waals surface area contributed by atoms with Gasteiger partial charge in [-0.05, 0) is 11.1 Å². The Hall–Kier alpha value is -3.20. The normalized spacial score (nSPS) is 12.8. The molecule has 0 heterocycles. The van der Waals surface area contributed by atoms with E-state index in [2.05, 4.69) is 0 Å². The zero-order chi connectivity index (χ0) is 19.1. The van der Waals surface area contributed by atoms with Gasteiger partial charge in [0.1, 0.15) is 0 Å². The van der Waals surface area contributed by atoms with Gasteiger partial charge in [-0.1, -0.05) is 91.0 Å². The fourth-order valence-electron chi connectivity index (χ4n) is 3.39. The van der Waals surface area contributed by atoms with Gasteiger partial charge in [-0.25, -0.2) is 0 Å². The molecule has 2 atom stereocenters. The predicted molar refractivity (Wildman–Crippen MR) is 106 cm³/mol. The van der Waals surface area contributed by atoms with Gasteiger partial charge in [0.15, 0.2) is 5.78 Å². The number of esters is 1. The third kappa shape index (κ3) is 4.50. The molecule has 0 aliphatic carbocycles. The Morgan fingerprint density at radius 1 is 0.741 bits per heavy atom. The lowest BCUT2D eigenvalue weighted by molar-refractivity contribution is -0.143. The Kier molecular flexibility index (Phi) is 6.16. The van der Waals surface area contributed by atoms with E-state index in [-0.39, 0.29) is 24.1 Å². The molecular weight excluding hydrogens is 336 g/mol. The van der Waals surface area contributed by atoms with Gasteiger partial charge in [-0.2, -0.15) is 0 Å². The summed E-state index contributed by atoms with van der Waals surface area (Å²) in [5.74, 6) is -1.19. The molecule has 0 unspecified atom stereocenters. The highest BCUT2D eigenvalue weighted by molar-refractivity contribution is 5.97. The second-order valence-electron chi connectivity index (χ2n) is 6.42. The van der Waals surface area contributed by atoms with Crippen LogP contribution >= 0.6 is 0 Å². The number of carbonyl (C=O) groups excluding carboxylic acids is 2. The van der Waals surface area contributed by atoms with E-state index in [0.29, 0.717) is 5.56 Å². The molecule has 0 aromatic heterocycles. The van der Waals surface area contributed by atoms with E-state index in [4.69, 9.17) is 4.74 Å². The van der Waals surface area contributed by atoms with Crippen LogP contribution in [0, 0.1) is 0 Å². The molecule has 0 fully saturated rings. The number of Topliss-reactive ketones (excluding diaryl/α,β-unsaturated/α-hetero) is 1. The summed E-state index contributed by atoms with van der Waals surface area (Å²) in [7, 11) is 1.39. The van der Waals surface area contributed by atoms with Gasteiger partial charge >= 0.3 is 5.97 Å². The molecule has 3 nitrogen and oxygen atoms in total. The molecule has 0 aliphatic heterocycles. The highest BCUT2D eigenvalue weighted by Crippen LogP contribution is 2.37.